The van der Waals surface area contributed by atoms with E-state index in [0.717, 1.165) is 22.9 Å². The van der Waals surface area contributed by atoms with Gasteiger partial charge in [-0.15, -0.1) is 10.2 Å². The Morgan fingerprint density at radius 2 is 1.64 bits per heavy atom. The molecular formula is C26H24F3N5OS. The van der Waals surface area contributed by atoms with Crippen LogP contribution in [0.15, 0.2) is 84.0 Å². The van der Waals surface area contributed by atoms with Gasteiger partial charge in [-0.3, -0.25) is 4.57 Å². The van der Waals surface area contributed by atoms with E-state index < -0.39 is 23.8 Å². The number of aromatic nitrogens is 3. The van der Waals surface area contributed by atoms with Gasteiger partial charge in [-0.25, -0.2) is 4.79 Å². The molecule has 0 aliphatic rings. The zero-order valence-corrected chi connectivity index (χ0v) is 20.4. The molecule has 1 aromatic heterocycles. The number of benzene rings is 3. The molecule has 10 heteroatoms. The van der Waals surface area contributed by atoms with Crippen LogP contribution in [0.5, 0.6) is 0 Å². The Bertz CT molecular complexity index is 1320. The van der Waals surface area contributed by atoms with Crippen LogP contribution in [0, 0.1) is 6.92 Å². The van der Waals surface area contributed by atoms with Crippen molar-refractivity contribution in [1.82, 2.24) is 20.1 Å². The molecule has 4 rings (SSSR count). The third-order valence-electron chi connectivity index (χ3n) is 5.38. The highest BCUT2D eigenvalue weighted by molar-refractivity contribution is 7.98. The first-order valence-corrected chi connectivity index (χ1v) is 12.1. The standard InChI is InChI=1S/C26H24F3N5OS/c1-17-12-14-20(15-13-17)34-23(32-33-25(34)36-16-19-8-4-3-5-9-19)18(2)30-24(35)31-22-11-7-6-10-21(22)26(27,28)29/h3-15,18H,16H2,1-2H3,(H2,30,31,35). The molecule has 36 heavy (non-hydrogen) atoms. The van der Waals surface area contributed by atoms with Gasteiger partial charge in [0.15, 0.2) is 11.0 Å². The number of nitrogens with one attached hydrogen (secondary N) is 2. The van der Waals surface area contributed by atoms with Crippen molar-refractivity contribution in [2.75, 3.05) is 5.32 Å². The summed E-state index contributed by atoms with van der Waals surface area (Å²) in [6.45, 7) is 3.69. The minimum atomic E-state index is -4.59. The fourth-order valence-corrected chi connectivity index (χ4v) is 4.49. The Kier molecular flexibility index (Phi) is 7.64. The number of amides is 2. The second-order valence-electron chi connectivity index (χ2n) is 8.15. The highest BCUT2D eigenvalue weighted by Crippen LogP contribution is 2.34. The largest absolute Gasteiger partial charge is 0.418 e. The Morgan fingerprint density at radius 3 is 2.33 bits per heavy atom. The third kappa shape index (κ3) is 6.06. The van der Waals surface area contributed by atoms with E-state index in [1.807, 2.05) is 66.1 Å². The Morgan fingerprint density at radius 1 is 0.972 bits per heavy atom. The van der Waals surface area contributed by atoms with E-state index in [0.29, 0.717) is 16.7 Å². The smallest absolute Gasteiger partial charge is 0.328 e. The predicted molar refractivity (Wildman–Crippen MR) is 134 cm³/mol. The number of nitrogens with zero attached hydrogens (tertiary/aromatic N) is 3. The van der Waals surface area contributed by atoms with Crippen molar-refractivity contribution in [3.63, 3.8) is 0 Å². The van der Waals surface area contributed by atoms with Crippen LogP contribution in [-0.2, 0) is 11.9 Å². The molecule has 0 saturated heterocycles. The fraction of sp³-hybridized carbons (Fsp3) is 0.192. The van der Waals surface area contributed by atoms with Crippen molar-refractivity contribution in [2.45, 2.75) is 37.0 Å². The van der Waals surface area contributed by atoms with Crippen molar-refractivity contribution >= 4 is 23.5 Å². The summed E-state index contributed by atoms with van der Waals surface area (Å²) in [6.07, 6.45) is -4.59. The van der Waals surface area contributed by atoms with Crippen LogP contribution in [0.3, 0.4) is 0 Å². The molecule has 2 amide bonds. The highest BCUT2D eigenvalue weighted by atomic mass is 32.2. The Balaban J connectivity index is 1.57. The van der Waals surface area contributed by atoms with Gasteiger partial charge >= 0.3 is 12.2 Å². The second-order valence-corrected chi connectivity index (χ2v) is 9.09. The van der Waals surface area contributed by atoms with Crippen LogP contribution in [0.4, 0.5) is 23.7 Å². The number of rotatable bonds is 7. The average Bonchev–Trinajstić information content (AvgIpc) is 3.27. The van der Waals surface area contributed by atoms with Crippen LogP contribution in [0.2, 0.25) is 0 Å². The maximum atomic E-state index is 13.3. The number of hydrogen-bond donors (Lipinski definition) is 2. The molecule has 186 valence electrons. The van der Waals surface area contributed by atoms with Crippen LogP contribution < -0.4 is 10.6 Å². The molecule has 0 aliphatic carbocycles. The van der Waals surface area contributed by atoms with Crippen molar-refractivity contribution in [3.8, 4) is 5.69 Å². The number of alkyl halides is 3. The summed E-state index contributed by atoms with van der Waals surface area (Å²) in [5, 5.41) is 14.3. The Labute approximate surface area is 211 Å². The number of carbonyl (C=O) groups is 1. The van der Waals surface area contributed by atoms with E-state index in [1.165, 1.54) is 30.0 Å². The molecule has 0 radical (unpaired) electrons. The van der Waals surface area contributed by atoms with Gasteiger partial charge in [0.1, 0.15) is 0 Å². The summed E-state index contributed by atoms with van der Waals surface area (Å²) >= 11 is 1.50. The fourth-order valence-electron chi connectivity index (χ4n) is 3.57. The first-order valence-electron chi connectivity index (χ1n) is 11.1. The van der Waals surface area contributed by atoms with Crippen molar-refractivity contribution in [3.05, 3.63) is 101 Å². The first kappa shape index (κ1) is 25.3. The van der Waals surface area contributed by atoms with E-state index in [1.54, 1.807) is 6.92 Å². The number of hydrogen-bond acceptors (Lipinski definition) is 4. The van der Waals surface area contributed by atoms with Crippen molar-refractivity contribution in [1.29, 1.82) is 0 Å². The van der Waals surface area contributed by atoms with Gasteiger partial charge in [0.05, 0.1) is 17.3 Å². The number of para-hydroxylation sites is 1. The molecule has 0 bridgehead atoms. The lowest BCUT2D eigenvalue weighted by molar-refractivity contribution is -0.136. The molecule has 2 N–H and O–H groups in total. The minimum absolute atomic E-state index is 0.325. The lowest BCUT2D eigenvalue weighted by Crippen LogP contribution is -2.33. The van der Waals surface area contributed by atoms with Gasteiger partial charge in [0, 0.05) is 11.4 Å². The molecule has 3 aromatic carbocycles. The topological polar surface area (TPSA) is 71.8 Å². The number of halogens is 3. The summed E-state index contributed by atoms with van der Waals surface area (Å²) < 4.78 is 41.7. The maximum Gasteiger partial charge on any atom is 0.418 e. The lowest BCUT2D eigenvalue weighted by atomic mass is 10.1. The molecule has 0 saturated carbocycles. The van der Waals surface area contributed by atoms with Gasteiger partial charge in [0.2, 0.25) is 0 Å². The SMILES string of the molecule is Cc1ccc(-n2c(SCc3ccccc3)nnc2C(C)NC(=O)Nc2ccccc2C(F)(F)F)cc1. The molecule has 4 aromatic rings. The zero-order chi connectivity index (χ0) is 25.7. The van der Waals surface area contributed by atoms with Crippen LogP contribution in [-0.4, -0.2) is 20.8 Å². The summed E-state index contributed by atoms with van der Waals surface area (Å²) in [7, 11) is 0. The molecule has 0 fully saturated rings. The quantitative estimate of drug-likeness (QED) is 0.269. The van der Waals surface area contributed by atoms with Gasteiger partial charge in [-0.05, 0) is 43.7 Å². The van der Waals surface area contributed by atoms with Gasteiger partial charge in [0.25, 0.3) is 0 Å². The number of carbonyl (C=O) groups excluding carboxylic acids is 1. The summed E-state index contributed by atoms with van der Waals surface area (Å²) in [6, 6.07) is 21.1. The predicted octanol–water partition coefficient (Wildman–Crippen LogP) is 6.77. The number of aryl methyl sites for hydroxylation is 1. The van der Waals surface area contributed by atoms with Crippen molar-refractivity contribution < 1.29 is 18.0 Å². The molecular weight excluding hydrogens is 487 g/mol. The number of urea groups is 1. The lowest BCUT2D eigenvalue weighted by Gasteiger charge is -2.18. The molecule has 6 nitrogen and oxygen atoms in total. The second kappa shape index (κ2) is 10.9. The summed E-state index contributed by atoms with van der Waals surface area (Å²) in [4.78, 5) is 12.6. The van der Waals surface area contributed by atoms with E-state index in [4.69, 9.17) is 0 Å². The first-order chi connectivity index (χ1) is 17.2. The molecule has 0 spiro atoms. The van der Waals surface area contributed by atoms with Crippen molar-refractivity contribution in [2.24, 2.45) is 0 Å². The van der Waals surface area contributed by atoms with Gasteiger partial charge in [-0.1, -0.05) is 71.9 Å². The Hall–Kier alpha value is -3.79. The van der Waals surface area contributed by atoms with Gasteiger partial charge < -0.3 is 10.6 Å². The average molecular weight is 512 g/mol. The molecule has 1 heterocycles. The third-order valence-corrected chi connectivity index (χ3v) is 6.38. The minimum Gasteiger partial charge on any atom is -0.328 e. The van der Waals surface area contributed by atoms with E-state index in [2.05, 4.69) is 20.8 Å². The molecule has 1 atom stereocenters. The molecule has 1 unspecified atom stereocenters. The number of thioether (sulfide) groups is 1. The summed E-state index contributed by atoms with van der Waals surface area (Å²) in [5.74, 6) is 1.12. The van der Waals surface area contributed by atoms with Crippen LogP contribution in [0.1, 0.15) is 35.5 Å². The van der Waals surface area contributed by atoms with E-state index in [-0.39, 0.29) is 5.69 Å². The number of anilines is 1. The maximum absolute atomic E-state index is 13.3. The van der Waals surface area contributed by atoms with Crippen LogP contribution >= 0.6 is 11.8 Å². The molecule has 0 aliphatic heterocycles. The normalized spacial score (nSPS) is 12.2. The summed E-state index contributed by atoms with van der Waals surface area (Å²) in [5.41, 5.74) is 1.77. The highest BCUT2D eigenvalue weighted by Gasteiger charge is 2.33. The van der Waals surface area contributed by atoms with E-state index in [9.17, 15) is 18.0 Å². The van der Waals surface area contributed by atoms with Crippen LogP contribution in [0.25, 0.3) is 5.69 Å². The van der Waals surface area contributed by atoms with Gasteiger partial charge in [-0.2, -0.15) is 13.2 Å². The monoisotopic (exact) mass is 511 g/mol. The van der Waals surface area contributed by atoms with E-state index >= 15 is 0 Å². The zero-order valence-electron chi connectivity index (χ0n) is 19.6.